The summed E-state index contributed by atoms with van der Waals surface area (Å²) in [5, 5.41) is 18.0. The van der Waals surface area contributed by atoms with Gasteiger partial charge >= 0.3 is 0 Å². The third kappa shape index (κ3) is 2.65. The van der Waals surface area contributed by atoms with E-state index < -0.39 is 4.92 Å². The predicted octanol–water partition coefficient (Wildman–Crippen LogP) is 2.50. The molecule has 0 radical (unpaired) electrons. The number of hydrogen-bond donors (Lipinski definition) is 1. The molecule has 1 heterocycles. The number of aryl methyl sites for hydroxylation is 1. The highest BCUT2D eigenvalue weighted by Gasteiger charge is 2.09. The lowest BCUT2D eigenvalue weighted by molar-refractivity contribution is -0.384. The van der Waals surface area contributed by atoms with Gasteiger partial charge in [0, 0.05) is 31.4 Å². The lowest BCUT2D eigenvalue weighted by atomic mass is 10.1. The predicted molar refractivity (Wildman–Crippen MR) is 68.3 cm³/mol. The van der Waals surface area contributed by atoms with Crippen molar-refractivity contribution in [3.8, 4) is 0 Å². The van der Waals surface area contributed by atoms with Crippen molar-refractivity contribution < 1.29 is 4.92 Å². The average Bonchev–Trinajstić information content (AvgIpc) is 2.75. The third-order valence-corrected chi connectivity index (χ3v) is 2.68. The van der Waals surface area contributed by atoms with Gasteiger partial charge in [0.15, 0.2) is 0 Å². The normalized spacial score (nSPS) is 12.1. The van der Waals surface area contributed by atoms with Crippen LogP contribution in [-0.4, -0.2) is 14.7 Å². The smallest absolute Gasteiger partial charge is 0.269 e. The Kier molecular flexibility index (Phi) is 3.27. The van der Waals surface area contributed by atoms with Crippen LogP contribution in [-0.2, 0) is 7.05 Å². The van der Waals surface area contributed by atoms with Crippen molar-refractivity contribution in [2.75, 3.05) is 5.32 Å². The molecular formula is C12H14N4O2. The minimum atomic E-state index is -0.402. The van der Waals surface area contributed by atoms with Gasteiger partial charge in [-0.3, -0.25) is 14.8 Å². The van der Waals surface area contributed by atoms with Crippen molar-refractivity contribution in [3.63, 3.8) is 0 Å². The lowest BCUT2D eigenvalue weighted by Gasteiger charge is -2.13. The summed E-state index contributed by atoms with van der Waals surface area (Å²) in [6.07, 6.45) is 1.85. The van der Waals surface area contributed by atoms with E-state index in [1.807, 2.05) is 26.2 Å². The Balaban J connectivity index is 2.09. The van der Waals surface area contributed by atoms with Gasteiger partial charge in [-0.05, 0) is 12.5 Å². The summed E-state index contributed by atoms with van der Waals surface area (Å²) >= 11 is 0. The van der Waals surface area contributed by atoms with Gasteiger partial charge in [-0.15, -0.1) is 0 Å². The largest absolute Gasteiger partial charge is 0.362 e. The van der Waals surface area contributed by atoms with Crippen molar-refractivity contribution in [3.05, 3.63) is 52.2 Å². The SMILES string of the molecule is CC(Nc1ccn(C)n1)c1ccc([N+](=O)[O-])cc1. The van der Waals surface area contributed by atoms with Crippen molar-refractivity contribution in [2.24, 2.45) is 7.05 Å². The zero-order chi connectivity index (χ0) is 13.1. The average molecular weight is 246 g/mol. The number of non-ortho nitro benzene ring substituents is 1. The first-order valence-electron chi connectivity index (χ1n) is 5.57. The topological polar surface area (TPSA) is 73.0 Å². The van der Waals surface area contributed by atoms with Crippen LogP contribution in [0.2, 0.25) is 0 Å². The van der Waals surface area contributed by atoms with E-state index in [0.717, 1.165) is 11.4 Å². The van der Waals surface area contributed by atoms with Crippen LogP contribution in [0.15, 0.2) is 36.5 Å². The molecule has 6 heteroatoms. The molecule has 0 aliphatic heterocycles. The number of hydrogen-bond acceptors (Lipinski definition) is 4. The summed E-state index contributed by atoms with van der Waals surface area (Å²) in [7, 11) is 1.85. The summed E-state index contributed by atoms with van der Waals surface area (Å²) < 4.78 is 1.71. The summed E-state index contributed by atoms with van der Waals surface area (Å²) in [6.45, 7) is 1.98. The van der Waals surface area contributed by atoms with E-state index in [2.05, 4.69) is 10.4 Å². The molecule has 0 saturated carbocycles. The van der Waals surface area contributed by atoms with Crippen molar-refractivity contribution in [1.82, 2.24) is 9.78 Å². The minimum Gasteiger partial charge on any atom is -0.362 e. The van der Waals surface area contributed by atoms with Crippen molar-refractivity contribution in [2.45, 2.75) is 13.0 Å². The van der Waals surface area contributed by atoms with E-state index in [-0.39, 0.29) is 11.7 Å². The van der Waals surface area contributed by atoms with Crippen LogP contribution >= 0.6 is 0 Å². The second-order valence-corrected chi connectivity index (χ2v) is 4.09. The van der Waals surface area contributed by atoms with Crippen LogP contribution in [0, 0.1) is 10.1 Å². The van der Waals surface area contributed by atoms with E-state index in [4.69, 9.17) is 0 Å². The number of benzene rings is 1. The molecule has 1 atom stereocenters. The molecule has 0 bridgehead atoms. The third-order valence-electron chi connectivity index (χ3n) is 2.68. The fourth-order valence-corrected chi connectivity index (χ4v) is 1.68. The maximum atomic E-state index is 10.6. The van der Waals surface area contributed by atoms with Crippen LogP contribution in [0.1, 0.15) is 18.5 Å². The van der Waals surface area contributed by atoms with Gasteiger partial charge in [-0.1, -0.05) is 12.1 Å². The van der Waals surface area contributed by atoms with Crippen molar-refractivity contribution in [1.29, 1.82) is 0 Å². The fourth-order valence-electron chi connectivity index (χ4n) is 1.68. The molecule has 1 N–H and O–H groups in total. The summed E-state index contributed by atoms with van der Waals surface area (Å²) in [6, 6.07) is 8.43. The standard InChI is InChI=1S/C12H14N4O2/c1-9(13-12-7-8-15(2)14-12)10-3-5-11(6-4-10)16(17)18/h3-9H,1-2H3,(H,13,14). The van der Waals surface area contributed by atoms with Crippen LogP contribution in [0.3, 0.4) is 0 Å². The zero-order valence-electron chi connectivity index (χ0n) is 10.2. The second kappa shape index (κ2) is 4.87. The molecule has 2 aromatic rings. The number of nitro benzene ring substituents is 1. The molecule has 0 spiro atoms. The van der Waals surface area contributed by atoms with Crippen LogP contribution in [0.4, 0.5) is 11.5 Å². The van der Waals surface area contributed by atoms with Gasteiger partial charge in [0.05, 0.1) is 11.0 Å². The van der Waals surface area contributed by atoms with E-state index >= 15 is 0 Å². The summed E-state index contributed by atoms with van der Waals surface area (Å²) in [4.78, 5) is 10.2. The van der Waals surface area contributed by atoms with Crippen LogP contribution < -0.4 is 5.32 Å². The molecule has 94 valence electrons. The molecule has 2 rings (SSSR count). The summed E-state index contributed by atoms with van der Waals surface area (Å²) in [5.74, 6) is 0.781. The Bertz CT molecular complexity index is 547. The van der Waals surface area contributed by atoms with Crippen LogP contribution in [0.25, 0.3) is 0 Å². The molecule has 0 aliphatic rings. The van der Waals surface area contributed by atoms with Gasteiger partial charge in [-0.2, -0.15) is 5.10 Å². The Morgan fingerprint density at radius 1 is 1.33 bits per heavy atom. The molecular weight excluding hydrogens is 232 g/mol. The Morgan fingerprint density at radius 2 is 2.00 bits per heavy atom. The maximum Gasteiger partial charge on any atom is 0.269 e. The van der Waals surface area contributed by atoms with Gasteiger partial charge in [-0.25, -0.2) is 0 Å². The number of nitro groups is 1. The highest BCUT2D eigenvalue weighted by Crippen LogP contribution is 2.20. The Morgan fingerprint density at radius 3 is 2.50 bits per heavy atom. The zero-order valence-corrected chi connectivity index (χ0v) is 10.2. The van der Waals surface area contributed by atoms with E-state index in [9.17, 15) is 10.1 Å². The highest BCUT2D eigenvalue weighted by molar-refractivity contribution is 5.39. The summed E-state index contributed by atoms with van der Waals surface area (Å²) in [5.41, 5.74) is 1.08. The van der Waals surface area contributed by atoms with Crippen LogP contribution in [0.5, 0.6) is 0 Å². The van der Waals surface area contributed by atoms with Gasteiger partial charge < -0.3 is 5.32 Å². The quantitative estimate of drug-likeness (QED) is 0.664. The van der Waals surface area contributed by atoms with E-state index in [1.165, 1.54) is 12.1 Å². The fraction of sp³-hybridized carbons (Fsp3) is 0.250. The molecule has 1 aromatic carbocycles. The lowest BCUT2D eigenvalue weighted by Crippen LogP contribution is -2.07. The Labute approximate surface area is 104 Å². The molecule has 1 aromatic heterocycles. The van der Waals surface area contributed by atoms with E-state index in [1.54, 1.807) is 16.8 Å². The van der Waals surface area contributed by atoms with Gasteiger partial charge in [0.1, 0.15) is 5.82 Å². The molecule has 0 amide bonds. The number of rotatable bonds is 4. The number of nitrogens with one attached hydrogen (secondary N) is 1. The first kappa shape index (κ1) is 12.1. The van der Waals surface area contributed by atoms with E-state index in [0.29, 0.717) is 0 Å². The van der Waals surface area contributed by atoms with Gasteiger partial charge in [0.2, 0.25) is 0 Å². The molecule has 0 saturated heterocycles. The molecule has 1 unspecified atom stereocenters. The molecule has 18 heavy (non-hydrogen) atoms. The monoisotopic (exact) mass is 246 g/mol. The molecule has 0 fully saturated rings. The first-order chi connectivity index (χ1) is 8.56. The van der Waals surface area contributed by atoms with Crippen molar-refractivity contribution >= 4 is 11.5 Å². The number of anilines is 1. The molecule has 0 aliphatic carbocycles. The maximum absolute atomic E-state index is 10.6. The van der Waals surface area contributed by atoms with Gasteiger partial charge in [0.25, 0.3) is 5.69 Å². The first-order valence-corrected chi connectivity index (χ1v) is 5.57. The second-order valence-electron chi connectivity index (χ2n) is 4.09. The minimum absolute atomic E-state index is 0.0423. The molecule has 6 nitrogen and oxygen atoms in total. The Hall–Kier alpha value is -2.37. The number of aromatic nitrogens is 2. The number of nitrogens with zero attached hydrogens (tertiary/aromatic N) is 3. The highest BCUT2D eigenvalue weighted by atomic mass is 16.6.